The van der Waals surface area contributed by atoms with Gasteiger partial charge in [0.25, 0.3) is 10.0 Å². The first-order valence-corrected chi connectivity index (χ1v) is 10.2. The zero-order valence-electron chi connectivity index (χ0n) is 14.2. The first kappa shape index (κ1) is 19.8. The molecule has 10 heteroatoms. The van der Waals surface area contributed by atoms with Crippen LogP contribution in [-0.4, -0.2) is 18.2 Å². The molecule has 0 spiro atoms. The third-order valence-corrected chi connectivity index (χ3v) is 6.21. The van der Waals surface area contributed by atoms with Gasteiger partial charge < -0.3 is 4.74 Å². The number of halogens is 3. The molecule has 6 nitrogen and oxygen atoms in total. The summed E-state index contributed by atoms with van der Waals surface area (Å²) >= 11 is 18.1. The number of nitrogens with one attached hydrogen (secondary N) is 1. The molecule has 1 heterocycles. The first-order chi connectivity index (χ1) is 12.7. The Hall–Kier alpha value is -1.93. The van der Waals surface area contributed by atoms with E-state index in [1.807, 2.05) is 0 Å². The van der Waals surface area contributed by atoms with Gasteiger partial charge in [0.15, 0.2) is 5.75 Å². The van der Waals surface area contributed by atoms with Crippen LogP contribution in [0.5, 0.6) is 11.5 Å². The fourth-order valence-electron chi connectivity index (χ4n) is 2.43. The smallest absolute Gasteiger partial charge is 0.266 e. The Morgan fingerprint density at radius 1 is 1.07 bits per heavy atom. The Kier molecular flexibility index (Phi) is 5.58. The van der Waals surface area contributed by atoms with E-state index in [1.165, 1.54) is 10.7 Å². The van der Waals surface area contributed by atoms with Crippen LogP contribution in [-0.2, 0) is 17.1 Å². The van der Waals surface area contributed by atoms with Crippen LogP contribution in [0.3, 0.4) is 0 Å². The minimum absolute atomic E-state index is 0.0131. The number of anilines is 1. The molecule has 3 aromatic rings. The highest BCUT2D eigenvalue weighted by molar-refractivity contribution is 7.92. The van der Waals surface area contributed by atoms with Crippen molar-refractivity contribution in [3.8, 4) is 11.5 Å². The lowest BCUT2D eigenvalue weighted by atomic mass is 10.3. The van der Waals surface area contributed by atoms with E-state index in [9.17, 15) is 8.42 Å². The standard InChI is InChI=1S/C17H14Cl3N3O3S/c1-10-16(17(20)23(2)21-10)27(24,25)22-13-5-3-4-6-15(13)26-14-8-7-11(18)9-12(14)19/h3-9,22H,1-2H3. The number of para-hydroxylation sites is 2. The van der Waals surface area contributed by atoms with Crippen LogP contribution in [0.2, 0.25) is 15.2 Å². The second-order valence-electron chi connectivity index (χ2n) is 5.61. The number of benzene rings is 2. The van der Waals surface area contributed by atoms with E-state index < -0.39 is 10.0 Å². The number of aryl methyl sites for hydroxylation is 2. The Morgan fingerprint density at radius 2 is 1.78 bits per heavy atom. The monoisotopic (exact) mass is 445 g/mol. The van der Waals surface area contributed by atoms with E-state index in [4.69, 9.17) is 39.5 Å². The fraction of sp³-hybridized carbons (Fsp3) is 0.118. The van der Waals surface area contributed by atoms with Crippen molar-refractivity contribution in [3.63, 3.8) is 0 Å². The molecule has 0 amide bonds. The average molecular weight is 447 g/mol. The Bertz CT molecular complexity index is 1110. The molecule has 1 aromatic heterocycles. The molecule has 0 atom stereocenters. The summed E-state index contributed by atoms with van der Waals surface area (Å²) in [6, 6.07) is 11.3. The van der Waals surface area contributed by atoms with Gasteiger partial charge in [-0.1, -0.05) is 46.9 Å². The van der Waals surface area contributed by atoms with Gasteiger partial charge in [-0.3, -0.25) is 9.40 Å². The summed E-state index contributed by atoms with van der Waals surface area (Å²) in [7, 11) is -2.42. The molecule has 0 aliphatic carbocycles. The van der Waals surface area contributed by atoms with Crippen LogP contribution in [0, 0.1) is 6.92 Å². The minimum Gasteiger partial charge on any atom is -0.454 e. The summed E-state index contributed by atoms with van der Waals surface area (Å²) in [5.41, 5.74) is 0.511. The van der Waals surface area contributed by atoms with Crippen molar-refractivity contribution in [2.75, 3.05) is 4.72 Å². The summed E-state index contributed by atoms with van der Waals surface area (Å²) in [6.07, 6.45) is 0. The highest BCUT2D eigenvalue weighted by Crippen LogP contribution is 2.36. The fourth-order valence-corrected chi connectivity index (χ4v) is 4.70. The Labute approximate surface area is 171 Å². The second kappa shape index (κ2) is 7.59. The lowest BCUT2D eigenvalue weighted by Crippen LogP contribution is -2.14. The molecule has 2 aromatic carbocycles. The van der Waals surface area contributed by atoms with Gasteiger partial charge in [0.1, 0.15) is 15.8 Å². The maximum absolute atomic E-state index is 12.8. The van der Waals surface area contributed by atoms with Gasteiger partial charge in [-0.25, -0.2) is 8.42 Å². The van der Waals surface area contributed by atoms with E-state index in [-0.39, 0.29) is 27.2 Å². The number of nitrogens with zero attached hydrogens (tertiary/aromatic N) is 2. The lowest BCUT2D eigenvalue weighted by Gasteiger charge is -2.14. The topological polar surface area (TPSA) is 73.2 Å². The molecule has 27 heavy (non-hydrogen) atoms. The quantitative estimate of drug-likeness (QED) is 0.578. The van der Waals surface area contributed by atoms with Crippen molar-refractivity contribution in [1.29, 1.82) is 0 Å². The second-order valence-corrected chi connectivity index (χ2v) is 8.43. The third-order valence-electron chi connectivity index (χ3n) is 3.61. The predicted octanol–water partition coefficient (Wildman–Crippen LogP) is 5.28. The molecular weight excluding hydrogens is 433 g/mol. The molecule has 3 rings (SSSR count). The summed E-state index contributed by atoms with van der Waals surface area (Å²) in [6.45, 7) is 1.57. The van der Waals surface area contributed by atoms with Crippen molar-refractivity contribution in [2.45, 2.75) is 11.8 Å². The van der Waals surface area contributed by atoms with Crippen LogP contribution in [0.1, 0.15) is 5.69 Å². The van der Waals surface area contributed by atoms with Gasteiger partial charge in [-0.2, -0.15) is 5.10 Å². The highest BCUT2D eigenvalue weighted by Gasteiger charge is 2.26. The third kappa shape index (κ3) is 4.16. The molecular formula is C17H14Cl3N3O3S. The molecule has 0 saturated carbocycles. The van der Waals surface area contributed by atoms with E-state index in [0.717, 1.165) is 0 Å². The van der Waals surface area contributed by atoms with Gasteiger partial charge in [0.2, 0.25) is 0 Å². The summed E-state index contributed by atoms with van der Waals surface area (Å²) in [5, 5.41) is 4.80. The number of rotatable bonds is 5. The summed E-state index contributed by atoms with van der Waals surface area (Å²) in [4.78, 5) is -0.0917. The first-order valence-electron chi connectivity index (χ1n) is 7.63. The SMILES string of the molecule is Cc1nn(C)c(Cl)c1S(=O)(=O)Nc1ccccc1Oc1ccc(Cl)cc1Cl. The van der Waals surface area contributed by atoms with Crippen molar-refractivity contribution < 1.29 is 13.2 Å². The van der Waals surface area contributed by atoms with Crippen LogP contribution >= 0.6 is 34.8 Å². The van der Waals surface area contributed by atoms with Crippen LogP contribution in [0.25, 0.3) is 0 Å². The molecule has 0 aliphatic rings. The maximum atomic E-state index is 12.8. The van der Waals surface area contributed by atoms with E-state index in [0.29, 0.717) is 15.8 Å². The number of hydrogen-bond donors (Lipinski definition) is 1. The molecule has 0 unspecified atom stereocenters. The van der Waals surface area contributed by atoms with Crippen molar-refractivity contribution in [3.05, 3.63) is 63.4 Å². The van der Waals surface area contributed by atoms with Gasteiger partial charge >= 0.3 is 0 Å². The molecule has 0 saturated heterocycles. The zero-order valence-corrected chi connectivity index (χ0v) is 17.3. The predicted molar refractivity (Wildman–Crippen MR) is 107 cm³/mol. The maximum Gasteiger partial charge on any atom is 0.266 e. The Balaban J connectivity index is 1.96. The number of sulfonamides is 1. The van der Waals surface area contributed by atoms with Gasteiger partial charge in [-0.15, -0.1) is 0 Å². The van der Waals surface area contributed by atoms with Crippen LogP contribution < -0.4 is 9.46 Å². The van der Waals surface area contributed by atoms with E-state index >= 15 is 0 Å². The van der Waals surface area contributed by atoms with Crippen LogP contribution in [0.4, 0.5) is 5.69 Å². The van der Waals surface area contributed by atoms with E-state index in [2.05, 4.69) is 9.82 Å². The van der Waals surface area contributed by atoms with Gasteiger partial charge in [0.05, 0.1) is 16.4 Å². The van der Waals surface area contributed by atoms with Gasteiger partial charge in [-0.05, 0) is 37.3 Å². The van der Waals surface area contributed by atoms with Crippen molar-refractivity contribution in [1.82, 2.24) is 9.78 Å². The number of hydrogen-bond acceptors (Lipinski definition) is 4. The highest BCUT2D eigenvalue weighted by atomic mass is 35.5. The normalized spacial score (nSPS) is 11.4. The molecule has 1 N–H and O–H groups in total. The molecule has 0 fully saturated rings. The zero-order chi connectivity index (χ0) is 19.8. The lowest BCUT2D eigenvalue weighted by molar-refractivity contribution is 0.485. The van der Waals surface area contributed by atoms with Crippen molar-refractivity contribution in [2.24, 2.45) is 7.05 Å². The largest absolute Gasteiger partial charge is 0.454 e. The van der Waals surface area contributed by atoms with Crippen LogP contribution in [0.15, 0.2) is 47.4 Å². The molecule has 0 bridgehead atoms. The number of ether oxygens (including phenoxy) is 1. The Morgan fingerprint density at radius 3 is 2.41 bits per heavy atom. The molecule has 0 aliphatic heterocycles. The van der Waals surface area contributed by atoms with Crippen molar-refractivity contribution >= 4 is 50.5 Å². The summed E-state index contributed by atoms with van der Waals surface area (Å²) in [5.74, 6) is 0.603. The van der Waals surface area contributed by atoms with Gasteiger partial charge in [0, 0.05) is 12.1 Å². The number of aromatic nitrogens is 2. The van der Waals surface area contributed by atoms with E-state index in [1.54, 1.807) is 50.4 Å². The minimum atomic E-state index is -3.98. The molecule has 0 radical (unpaired) electrons. The average Bonchev–Trinajstić information content (AvgIpc) is 2.84. The summed E-state index contributed by atoms with van der Waals surface area (Å²) < 4.78 is 35.2. The molecule has 142 valence electrons.